The van der Waals surface area contributed by atoms with Crippen LogP contribution in [0, 0.1) is 0 Å². The van der Waals surface area contributed by atoms with E-state index in [1.165, 1.54) is 0 Å². The first kappa shape index (κ1) is 13.2. The van der Waals surface area contributed by atoms with Crippen molar-refractivity contribution in [3.05, 3.63) is 47.2 Å². The first-order valence-electron chi connectivity index (χ1n) is 6.66. The molecule has 3 rings (SSSR count). The van der Waals surface area contributed by atoms with Gasteiger partial charge in [0.25, 0.3) is 0 Å². The first-order chi connectivity index (χ1) is 9.62. The van der Waals surface area contributed by atoms with E-state index in [0.29, 0.717) is 5.02 Å². The first-order valence-corrected chi connectivity index (χ1v) is 7.04. The molecule has 1 heterocycles. The Morgan fingerprint density at radius 3 is 2.40 bits per heavy atom. The van der Waals surface area contributed by atoms with E-state index in [0.717, 1.165) is 36.9 Å². The van der Waals surface area contributed by atoms with Crippen molar-refractivity contribution in [1.82, 2.24) is 9.78 Å². The third-order valence-electron chi connectivity index (χ3n) is 4.10. The van der Waals surface area contributed by atoms with E-state index in [-0.39, 0.29) is 0 Å². The lowest BCUT2D eigenvalue weighted by atomic mass is 9.79. The Labute approximate surface area is 122 Å². The van der Waals surface area contributed by atoms with Crippen LogP contribution in [-0.4, -0.2) is 20.9 Å². The van der Waals surface area contributed by atoms with Gasteiger partial charge in [-0.2, -0.15) is 5.10 Å². The van der Waals surface area contributed by atoms with Gasteiger partial charge in [0.05, 0.1) is 22.3 Å². The Bertz CT molecular complexity index is 628. The number of aromatic nitrogens is 2. The van der Waals surface area contributed by atoms with Crippen LogP contribution in [0.5, 0.6) is 0 Å². The smallest absolute Gasteiger partial charge is 0.314 e. The van der Waals surface area contributed by atoms with Crippen molar-refractivity contribution in [3.63, 3.8) is 0 Å². The lowest BCUT2D eigenvalue weighted by molar-refractivity contribution is -0.143. The second kappa shape index (κ2) is 4.94. The third kappa shape index (κ3) is 2.10. The summed E-state index contributed by atoms with van der Waals surface area (Å²) in [4.78, 5) is 11.6. The maximum absolute atomic E-state index is 11.6. The van der Waals surface area contributed by atoms with Crippen LogP contribution in [0.15, 0.2) is 36.7 Å². The summed E-state index contributed by atoms with van der Waals surface area (Å²) in [5.41, 5.74) is 1.05. The molecule has 1 aromatic carbocycles. The molecule has 0 spiro atoms. The highest BCUT2D eigenvalue weighted by atomic mass is 35.5. The van der Waals surface area contributed by atoms with Crippen LogP contribution in [0.2, 0.25) is 5.02 Å². The van der Waals surface area contributed by atoms with Gasteiger partial charge in [-0.3, -0.25) is 4.79 Å². The summed E-state index contributed by atoms with van der Waals surface area (Å²) >= 11 is 5.85. The third-order valence-corrected chi connectivity index (χ3v) is 4.30. The fraction of sp³-hybridized carbons (Fsp3) is 0.333. The van der Waals surface area contributed by atoms with Crippen molar-refractivity contribution in [3.8, 4) is 5.69 Å². The number of halogens is 1. The molecule has 2 aromatic rings. The standard InChI is InChI=1S/C15H15ClN2O2/c16-12-9-17-18(10-12)13-5-3-11(4-6-13)15(14(19)20)7-1-2-8-15/h3-6,9-10H,1-2,7-8H2,(H,19,20). The van der Waals surface area contributed by atoms with Gasteiger partial charge in [0.15, 0.2) is 0 Å². The zero-order chi connectivity index (χ0) is 14.2. The molecule has 0 aliphatic heterocycles. The molecule has 1 aromatic heterocycles. The van der Waals surface area contributed by atoms with Gasteiger partial charge in [-0.05, 0) is 30.5 Å². The van der Waals surface area contributed by atoms with Gasteiger partial charge in [-0.15, -0.1) is 0 Å². The molecular formula is C15H15ClN2O2. The van der Waals surface area contributed by atoms with E-state index < -0.39 is 11.4 Å². The Hall–Kier alpha value is -1.81. The summed E-state index contributed by atoms with van der Waals surface area (Å²) < 4.78 is 1.67. The van der Waals surface area contributed by atoms with Crippen molar-refractivity contribution >= 4 is 17.6 Å². The van der Waals surface area contributed by atoms with Crippen molar-refractivity contribution in [2.45, 2.75) is 31.1 Å². The molecule has 0 bridgehead atoms. The number of aliphatic carboxylic acids is 1. The van der Waals surface area contributed by atoms with Crippen LogP contribution >= 0.6 is 11.6 Å². The zero-order valence-electron chi connectivity index (χ0n) is 10.9. The highest BCUT2D eigenvalue weighted by molar-refractivity contribution is 6.30. The monoisotopic (exact) mass is 290 g/mol. The average Bonchev–Trinajstić information content (AvgIpc) is 3.08. The molecule has 104 valence electrons. The predicted octanol–water partition coefficient (Wildman–Crippen LogP) is 3.42. The SMILES string of the molecule is O=C(O)C1(c2ccc(-n3cc(Cl)cn3)cc2)CCCC1. The van der Waals surface area contributed by atoms with Gasteiger partial charge < -0.3 is 5.11 Å². The van der Waals surface area contributed by atoms with Crippen LogP contribution in [0.4, 0.5) is 0 Å². The molecule has 0 atom stereocenters. The molecule has 0 saturated heterocycles. The lowest BCUT2D eigenvalue weighted by Gasteiger charge is -2.24. The van der Waals surface area contributed by atoms with Crippen molar-refractivity contribution in [2.24, 2.45) is 0 Å². The summed E-state index contributed by atoms with van der Waals surface area (Å²) in [6.45, 7) is 0. The average molecular weight is 291 g/mol. The summed E-state index contributed by atoms with van der Waals surface area (Å²) in [5, 5.41) is 14.3. The van der Waals surface area contributed by atoms with E-state index in [9.17, 15) is 9.90 Å². The fourth-order valence-corrected chi connectivity index (χ4v) is 3.12. The van der Waals surface area contributed by atoms with Gasteiger partial charge >= 0.3 is 5.97 Å². The Morgan fingerprint density at radius 1 is 1.25 bits per heavy atom. The minimum atomic E-state index is -0.718. The molecule has 1 aliphatic rings. The van der Waals surface area contributed by atoms with Crippen molar-refractivity contribution in [2.75, 3.05) is 0 Å². The zero-order valence-corrected chi connectivity index (χ0v) is 11.7. The number of nitrogens with zero attached hydrogens (tertiary/aromatic N) is 2. The van der Waals surface area contributed by atoms with E-state index in [2.05, 4.69) is 5.10 Å². The summed E-state index contributed by atoms with van der Waals surface area (Å²) in [7, 11) is 0. The van der Waals surface area contributed by atoms with Gasteiger partial charge in [0.1, 0.15) is 0 Å². The number of benzene rings is 1. The molecule has 1 saturated carbocycles. The molecule has 1 N–H and O–H groups in total. The highest BCUT2D eigenvalue weighted by Crippen LogP contribution is 2.41. The van der Waals surface area contributed by atoms with Crippen LogP contribution in [0.1, 0.15) is 31.2 Å². The molecule has 4 nitrogen and oxygen atoms in total. The maximum atomic E-state index is 11.6. The van der Waals surface area contributed by atoms with Gasteiger partial charge in [0.2, 0.25) is 0 Å². The second-order valence-corrected chi connectivity index (χ2v) is 5.68. The maximum Gasteiger partial charge on any atom is 0.314 e. The molecule has 1 fully saturated rings. The number of rotatable bonds is 3. The predicted molar refractivity (Wildman–Crippen MR) is 76.4 cm³/mol. The van der Waals surface area contributed by atoms with Crippen LogP contribution < -0.4 is 0 Å². The number of carbonyl (C=O) groups is 1. The second-order valence-electron chi connectivity index (χ2n) is 5.24. The minimum Gasteiger partial charge on any atom is -0.481 e. The lowest BCUT2D eigenvalue weighted by Crippen LogP contribution is -2.32. The topological polar surface area (TPSA) is 55.1 Å². The molecule has 5 heteroatoms. The van der Waals surface area contributed by atoms with Crippen molar-refractivity contribution < 1.29 is 9.90 Å². The summed E-state index contributed by atoms with van der Waals surface area (Å²) in [6.07, 6.45) is 6.68. The number of hydrogen-bond acceptors (Lipinski definition) is 2. The quantitative estimate of drug-likeness (QED) is 0.942. The normalized spacial score (nSPS) is 17.2. The number of carboxylic acids is 1. The van der Waals surface area contributed by atoms with E-state index in [4.69, 9.17) is 11.6 Å². The molecule has 1 aliphatic carbocycles. The fourth-order valence-electron chi connectivity index (χ4n) is 2.98. The van der Waals surface area contributed by atoms with E-state index >= 15 is 0 Å². The Balaban J connectivity index is 1.95. The van der Waals surface area contributed by atoms with Gasteiger partial charge in [0, 0.05) is 6.20 Å². The van der Waals surface area contributed by atoms with Gasteiger partial charge in [-0.25, -0.2) is 4.68 Å². The number of hydrogen-bond donors (Lipinski definition) is 1. The Kier molecular flexibility index (Phi) is 3.26. The largest absolute Gasteiger partial charge is 0.481 e. The molecule has 0 amide bonds. The van der Waals surface area contributed by atoms with Crippen LogP contribution in [0.25, 0.3) is 5.69 Å². The van der Waals surface area contributed by atoms with Crippen LogP contribution in [-0.2, 0) is 10.2 Å². The summed E-state index contributed by atoms with van der Waals surface area (Å²) in [6, 6.07) is 7.57. The highest BCUT2D eigenvalue weighted by Gasteiger charge is 2.42. The Morgan fingerprint density at radius 2 is 1.90 bits per heavy atom. The molecule has 0 radical (unpaired) electrons. The van der Waals surface area contributed by atoms with E-state index in [1.807, 2.05) is 24.3 Å². The molecular weight excluding hydrogens is 276 g/mol. The van der Waals surface area contributed by atoms with Crippen LogP contribution in [0.3, 0.4) is 0 Å². The molecule has 20 heavy (non-hydrogen) atoms. The number of carboxylic acid groups (broad SMARTS) is 1. The van der Waals surface area contributed by atoms with Crippen molar-refractivity contribution in [1.29, 1.82) is 0 Å². The minimum absolute atomic E-state index is 0.576. The van der Waals surface area contributed by atoms with E-state index in [1.54, 1.807) is 17.1 Å². The summed E-state index contributed by atoms with van der Waals surface area (Å²) in [5.74, 6) is -0.718. The molecule has 0 unspecified atom stereocenters. The van der Waals surface area contributed by atoms with Gasteiger partial charge in [-0.1, -0.05) is 36.6 Å².